The summed E-state index contributed by atoms with van der Waals surface area (Å²) in [5.41, 5.74) is 1.22. The van der Waals surface area contributed by atoms with Crippen LogP contribution in [0.3, 0.4) is 0 Å². The van der Waals surface area contributed by atoms with Gasteiger partial charge in [-0.25, -0.2) is 0 Å². The summed E-state index contributed by atoms with van der Waals surface area (Å²) in [6.07, 6.45) is 0.167. The fourth-order valence-electron chi connectivity index (χ4n) is 3.31. The van der Waals surface area contributed by atoms with Crippen LogP contribution in [0.5, 0.6) is 5.75 Å². The second-order valence-electron chi connectivity index (χ2n) is 7.54. The van der Waals surface area contributed by atoms with Crippen LogP contribution >= 0.6 is 0 Å². The van der Waals surface area contributed by atoms with E-state index in [1.807, 2.05) is 12.1 Å². The number of nitrogens with zero attached hydrogens (tertiary/aromatic N) is 3. The molecule has 1 aliphatic rings. The van der Waals surface area contributed by atoms with Crippen LogP contribution in [0.25, 0.3) is 0 Å². The van der Waals surface area contributed by atoms with E-state index in [0.717, 1.165) is 51.0 Å². The summed E-state index contributed by atoms with van der Waals surface area (Å²) in [7, 11) is 3.76. The third-order valence-electron chi connectivity index (χ3n) is 4.57. The van der Waals surface area contributed by atoms with Crippen molar-refractivity contribution in [2.24, 2.45) is 10.9 Å². The second-order valence-corrected chi connectivity index (χ2v) is 7.54. The highest BCUT2D eigenvalue weighted by atomic mass is 16.5. The zero-order chi connectivity index (χ0) is 19.6. The van der Waals surface area contributed by atoms with Gasteiger partial charge >= 0.3 is 0 Å². The molecule has 1 atom stereocenters. The smallest absolute Gasteiger partial charge is 0.194 e. The molecule has 1 aliphatic heterocycles. The molecular formula is C21H36N4O2. The van der Waals surface area contributed by atoms with Gasteiger partial charge in [-0.2, -0.15) is 0 Å². The molecule has 6 heteroatoms. The van der Waals surface area contributed by atoms with E-state index in [4.69, 9.17) is 14.5 Å². The van der Waals surface area contributed by atoms with Gasteiger partial charge in [0, 0.05) is 39.8 Å². The normalized spacial score (nSPS) is 18.6. The molecule has 1 fully saturated rings. The van der Waals surface area contributed by atoms with E-state index >= 15 is 0 Å². The number of rotatable bonds is 8. The molecule has 152 valence electrons. The molecule has 0 amide bonds. The monoisotopic (exact) mass is 376 g/mol. The van der Waals surface area contributed by atoms with Gasteiger partial charge in [0.05, 0.1) is 26.4 Å². The number of nitrogens with one attached hydrogen (secondary N) is 1. The predicted molar refractivity (Wildman–Crippen MR) is 111 cm³/mol. The van der Waals surface area contributed by atoms with E-state index in [9.17, 15) is 0 Å². The van der Waals surface area contributed by atoms with Crippen LogP contribution in [0.4, 0.5) is 0 Å². The third-order valence-corrected chi connectivity index (χ3v) is 4.57. The van der Waals surface area contributed by atoms with Crippen molar-refractivity contribution in [2.75, 3.05) is 53.5 Å². The Hall–Kier alpha value is -1.79. The molecule has 0 saturated carbocycles. The molecule has 1 aromatic rings. The van der Waals surface area contributed by atoms with Gasteiger partial charge in [0.2, 0.25) is 0 Å². The highest BCUT2D eigenvalue weighted by Crippen LogP contribution is 2.13. The number of hydrogen-bond donors (Lipinski definition) is 1. The van der Waals surface area contributed by atoms with E-state index in [0.29, 0.717) is 12.5 Å². The Kier molecular flexibility index (Phi) is 8.88. The summed E-state index contributed by atoms with van der Waals surface area (Å²) >= 11 is 0. The van der Waals surface area contributed by atoms with Gasteiger partial charge in [-0.3, -0.25) is 9.89 Å². The molecular weight excluding hydrogens is 340 g/mol. The van der Waals surface area contributed by atoms with Crippen LogP contribution < -0.4 is 10.1 Å². The highest BCUT2D eigenvalue weighted by molar-refractivity contribution is 5.79. The Morgan fingerprint density at radius 1 is 1.37 bits per heavy atom. The van der Waals surface area contributed by atoms with Crippen molar-refractivity contribution < 1.29 is 9.47 Å². The minimum absolute atomic E-state index is 0.167. The number of morpholine rings is 1. The Morgan fingerprint density at radius 2 is 2.11 bits per heavy atom. The van der Waals surface area contributed by atoms with Crippen molar-refractivity contribution in [3.8, 4) is 5.75 Å². The zero-order valence-electron chi connectivity index (χ0n) is 17.6. The van der Waals surface area contributed by atoms with Gasteiger partial charge in [0.1, 0.15) is 5.75 Å². The topological polar surface area (TPSA) is 49.3 Å². The van der Waals surface area contributed by atoms with Crippen LogP contribution in [0.1, 0.15) is 26.3 Å². The van der Waals surface area contributed by atoms with E-state index < -0.39 is 0 Å². The Bertz CT molecular complexity index is 574. The van der Waals surface area contributed by atoms with E-state index in [1.165, 1.54) is 5.56 Å². The molecule has 6 nitrogen and oxygen atoms in total. The first-order valence-electron chi connectivity index (χ1n) is 9.98. The predicted octanol–water partition coefficient (Wildman–Crippen LogP) is 2.45. The lowest BCUT2D eigenvalue weighted by Gasteiger charge is -2.33. The minimum Gasteiger partial charge on any atom is -0.497 e. The average Bonchev–Trinajstić information content (AvgIpc) is 2.65. The number of guanidine groups is 1. The third kappa shape index (κ3) is 7.39. The first-order chi connectivity index (χ1) is 13.0. The molecule has 0 spiro atoms. The summed E-state index contributed by atoms with van der Waals surface area (Å²) in [6, 6.07) is 8.17. The zero-order valence-corrected chi connectivity index (χ0v) is 17.6. The summed E-state index contributed by atoms with van der Waals surface area (Å²) in [4.78, 5) is 9.48. The Labute approximate surface area is 164 Å². The molecule has 2 rings (SSSR count). The molecule has 1 N–H and O–H groups in total. The molecule has 0 aromatic heterocycles. The number of benzene rings is 1. The molecule has 0 bridgehead atoms. The number of hydrogen-bond acceptors (Lipinski definition) is 4. The molecule has 1 aromatic carbocycles. The fourth-order valence-corrected chi connectivity index (χ4v) is 3.31. The van der Waals surface area contributed by atoms with Gasteiger partial charge < -0.3 is 19.7 Å². The lowest BCUT2D eigenvalue weighted by atomic mass is 10.2. The highest BCUT2D eigenvalue weighted by Gasteiger charge is 2.21. The standard InChI is InChI=1S/C21H36N4O2/c1-6-22-21(24(4)15-18-7-9-19(26-5)10-8-18)23-13-20-16-25(11-12-27-20)14-17(2)3/h7-10,17,20H,6,11-16H2,1-5H3,(H,22,23). The van der Waals surface area contributed by atoms with Crippen molar-refractivity contribution in [1.29, 1.82) is 0 Å². The minimum atomic E-state index is 0.167. The SMILES string of the molecule is CCNC(=NCC1CN(CC(C)C)CCO1)N(C)Cc1ccc(OC)cc1. The van der Waals surface area contributed by atoms with Crippen LogP contribution in [-0.2, 0) is 11.3 Å². The quantitative estimate of drug-likeness (QED) is 0.558. The van der Waals surface area contributed by atoms with Crippen molar-refractivity contribution in [2.45, 2.75) is 33.4 Å². The summed E-state index contributed by atoms with van der Waals surface area (Å²) in [6.45, 7) is 12.9. The summed E-state index contributed by atoms with van der Waals surface area (Å²) in [5, 5.41) is 3.39. The molecule has 27 heavy (non-hydrogen) atoms. The van der Waals surface area contributed by atoms with Crippen LogP contribution in [0.15, 0.2) is 29.3 Å². The Balaban J connectivity index is 1.93. The van der Waals surface area contributed by atoms with Crippen LogP contribution in [-0.4, -0.2) is 75.4 Å². The van der Waals surface area contributed by atoms with Gasteiger partial charge in [-0.15, -0.1) is 0 Å². The van der Waals surface area contributed by atoms with Crippen molar-refractivity contribution in [3.05, 3.63) is 29.8 Å². The van der Waals surface area contributed by atoms with Crippen LogP contribution in [0.2, 0.25) is 0 Å². The largest absolute Gasteiger partial charge is 0.497 e. The van der Waals surface area contributed by atoms with Crippen LogP contribution in [0, 0.1) is 5.92 Å². The van der Waals surface area contributed by atoms with Gasteiger partial charge in [-0.05, 0) is 30.5 Å². The van der Waals surface area contributed by atoms with Gasteiger partial charge in [-0.1, -0.05) is 26.0 Å². The number of methoxy groups -OCH3 is 1. The first-order valence-corrected chi connectivity index (χ1v) is 9.98. The summed E-state index contributed by atoms with van der Waals surface area (Å²) < 4.78 is 11.2. The van der Waals surface area contributed by atoms with E-state index in [1.54, 1.807) is 7.11 Å². The molecule has 1 saturated heterocycles. The van der Waals surface area contributed by atoms with E-state index in [2.05, 4.69) is 55.1 Å². The number of aliphatic imine (C=N–C) groups is 1. The molecule has 0 aliphatic carbocycles. The maximum atomic E-state index is 5.93. The second kappa shape index (κ2) is 11.1. The summed E-state index contributed by atoms with van der Waals surface area (Å²) in [5.74, 6) is 2.47. The average molecular weight is 377 g/mol. The molecule has 1 heterocycles. The maximum Gasteiger partial charge on any atom is 0.194 e. The lowest BCUT2D eigenvalue weighted by Crippen LogP contribution is -2.46. The fraction of sp³-hybridized carbons (Fsp3) is 0.667. The maximum absolute atomic E-state index is 5.93. The number of ether oxygens (including phenoxy) is 2. The molecule has 1 unspecified atom stereocenters. The van der Waals surface area contributed by atoms with E-state index in [-0.39, 0.29) is 6.10 Å². The van der Waals surface area contributed by atoms with Crippen molar-refractivity contribution in [1.82, 2.24) is 15.1 Å². The first kappa shape index (κ1) is 21.5. The molecule has 0 radical (unpaired) electrons. The lowest BCUT2D eigenvalue weighted by molar-refractivity contribution is -0.0262. The van der Waals surface area contributed by atoms with Crippen molar-refractivity contribution in [3.63, 3.8) is 0 Å². The van der Waals surface area contributed by atoms with Gasteiger partial charge in [0.25, 0.3) is 0 Å². The van der Waals surface area contributed by atoms with Gasteiger partial charge in [0.15, 0.2) is 5.96 Å². The van der Waals surface area contributed by atoms with Crippen molar-refractivity contribution >= 4 is 5.96 Å². The Morgan fingerprint density at radius 3 is 2.74 bits per heavy atom.